The van der Waals surface area contributed by atoms with Crippen molar-refractivity contribution in [2.45, 2.75) is 31.7 Å². The summed E-state index contributed by atoms with van der Waals surface area (Å²) in [6, 6.07) is 6.45. The van der Waals surface area contributed by atoms with Gasteiger partial charge in [0.1, 0.15) is 11.3 Å². The largest absolute Gasteiger partial charge is 0.508 e. The molecule has 1 unspecified atom stereocenters. The second-order valence-electron chi connectivity index (χ2n) is 5.21. The van der Waals surface area contributed by atoms with Gasteiger partial charge in [-0.2, -0.15) is 0 Å². The molecule has 112 valence electrons. The molecule has 0 bridgehead atoms. The number of aromatic hydroxyl groups is 1. The van der Waals surface area contributed by atoms with Crippen LogP contribution in [0.1, 0.15) is 31.7 Å². The van der Waals surface area contributed by atoms with Crippen LogP contribution in [0.15, 0.2) is 30.3 Å². The lowest BCUT2D eigenvalue weighted by Crippen LogP contribution is -2.52. The first-order valence-electron chi connectivity index (χ1n) is 7.02. The summed E-state index contributed by atoms with van der Waals surface area (Å²) in [6.45, 7) is 2.27. The Balaban J connectivity index is 2.15. The molecule has 1 saturated heterocycles. The second-order valence-corrected chi connectivity index (χ2v) is 5.21. The molecule has 1 aromatic carbocycles. The number of phenolic OH excluding ortho intramolecular Hbond substituents is 1. The first-order chi connectivity index (χ1) is 9.99. The fourth-order valence-corrected chi connectivity index (χ4v) is 2.78. The van der Waals surface area contributed by atoms with Crippen LogP contribution >= 0.6 is 0 Å². The summed E-state index contributed by atoms with van der Waals surface area (Å²) >= 11 is 0. The van der Waals surface area contributed by atoms with Crippen molar-refractivity contribution in [3.8, 4) is 5.75 Å². The number of amides is 1. The highest BCUT2D eigenvalue weighted by molar-refractivity contribution is 5.96. The van der Waals surface area contributed by atoms with Gasteiger partial charge < -0.3 is 15.1 Å². The number of aliphatic carboxylic acids is 1. The molecule has 1 atom stereocenters. The van der Waals surface area contributed by atoms with Crippen molar-refractivity contribution in [1.82, 2.24) is 4.90 Å². The highest BCUT2D eigenvalue weighted by atomic mass is 16.4. The molecule has 1 fully saturated rings. The first-order valence-corrected chi connectivity index (χ1v) is 7.02. The lowest BCUT2D eigenvalue weighted by atomic mass is 9.93. The topological polar surface area (TPSA) is 77.8 Å². The Kier molecular flexibility index (Phi) is 4.31. The molecular weight excluding hydrogens is 270 g/mol. The third-order valence-electron chi connectivity index (χ3n) is 4.05. The zero-order valence-electron chi connectivity index (χ0n) is 12.0. The molecule has 21 heavy (non-hydrogen) atoms. The van der Waals surface area contributed by atoms with Gasteiger partial charge in [0.2, 0.25) is 5.91 Å². The maximum atomic E-state index is 12.3. The fraction of sp³-hybridized carbons (Fsp3) is 0.375. The minimum atomic E-state index is -1.07. The van der Waals surface area contributed by atoms with Crippen LogP contribution in [0.3, 0.4) is 0 Å². The van der Waals surface area contributed by atoms with Gasteiger partial charge in [0.05, 0.1) is 0 Å². The van der Waals surface area contributed by atoms with E-state index in [1.807, 2.05) is 0 Å². The van der Waals surface area contributed by atoms with Crippen LogP contribution in [0.5, 0.6) is 5.75 Å². The number of hydrogen-bond donors (Lipinski definition) is 2. The molecule has 1 amide bonds. The van der Waals surface area contributed by atoms with E-state index in [-0.39, 0.29) is 11.7 Å². The third-order valence-corrected chi connectivity index (χ3v) is 4.05. The van der Waals surface area contributed by atoms with E-state index in [4.69, 9.17) is 0 Å². The number of phenols is 1. The standard InChI is InChI=1S/C16H19NO4/c1-2-16(15(20)21)10-3-11-17(16)14(19)9-6-12-4-7-13(18)8-5-12/h4-9,18H,2-3,10-11H2,1H3,(H,20,21)/b9-6+. The molecule has 1 aromatic rings. The van der Waals surface area contributed by atoms with Gasteiger partial charge >= 0.3 is 5.97 Å². The Hall–Kier alpha value is -2.30. The molecule has 5 nitrogen and oxygen atoms in total. The Morgan fingerprint density at radius 1 is 1.33 bits per heavy atom. The zero-order chi connectivity index (χ0) is 15.5. The van der Waals surface area contributed by atoms with E-state index < -0.39 is 11.5 Å². The van der Waals surface area contributed by atoms with Gasteiger partial charge in [0.15, 0.2) is 0 Å². The number of nitrogens with zero attached hydrogens (tertiary/aromatic N) is 1. The van der Waals surface area contributed by atoms with Crippen molar-refractivity contribution in [2.75, 3.05) is 6.54 Å². The Bertz CT molecular complexity index is 564. The number of carbonyl (C=O) groups excluding carboxylic acids is 1. The number of hydrogen-bond acceptors (Lipinski definition) is 3. The number of carboxylic acids is 1. The van der Waals surface area contributed by atoms with Crippen LogP contribution in [0.25, 0.3) is 6.08 Å². The lowest BCUT2D eigenvalue weighted by molar-refractivity contribution is -0.155. The summed E-state index contributed by atoms with van der Waals surface area (Å²) in [6.07, 6.45) is 4.63. The van der Waals surface area contributed by atoms with E-state index in [2.05, 4.69) is 0 Å². The highest BCUT2D eigenvalue weighted by Gasteiger charge is 2.47. The van der Waals surface area contributed by atoms with Gasteiger partial charge in [0, 0.05) is 12.6 Å². The highest BCUT2D eigenvalue weighted by Crippen LogP contribution is 2.33. The second kappa shape index (κ2) is 5.99. The van der Waals surface area contributed by atoms with Gasteiger partial charge in [-0.05, 0) is 43.0 Å². The molecule has 0 radical (unpaired) electrons. The average Bonchev–Trinajstić information content (AvgIpc) is 2.91. The maximum absolute atomic E-state index is 12.3. The summed E-state index contributed by atoms with van der Waals surface area (Å²) in [5.41, 5.74) is -0.297. The fourth-order valence-electron chi connectivity index (χ4n) is 2.78. The number of benzene rings is 1. The summed E-state index contributed by atoms with van der Waals surface area (Å²) in [7, 11) is 0. The number of carbonyl (C=O) groups is 2. The van der Waals surface area contributed by atoms with Crippen molar-refractivity contribution in [1.29, 1.82) is 0 Å². The first kappa shape index (κ1) is 15.1. The van der Waals surface area contributed by atoms with Crippen LogP contribution in [-0.2, 0) is 9.59 Å². The molecule has 5 heteroatoms. The summed E-state index contributed by atoms with van der Waals surface area (Å²) < 4.78 is 0. The SMILES string of the molecule is CCC1(C(=O)O)CCCN1C(=O)/C=C/c1ccc(O)cc1. The Morgan fingerprint density at radius 3 is 2.57 bits per heavy atom. The number of rotatable bonds is 4. The third kappa shape index (κ3) is 2.91. The molecule has 1 aliphatic heterocycles. The molecule has 0 aromatic heterocycles. The van der Waals surface area contributed by atoms with Gasteiger partial charge in [-0.3, -0.25) is 4.79 Å². The van der Waals surface area contributed by atoms with Crippen LogP contribution < -0.4 is 0 Å². The summed E-state index contributed by atoms with van der Waals surface area (Å²) in [5, 5.41) is 18.7. The van der Waals surface area contributed by atoms with Crippen LogP contribution in [-0.4, -0.2) is 39.1 Å². The predicted octanol–water partition coefficient (Wildman–Crippen LogP) is 2.26. The van der Waals surface area contributed by atoms with E-state index >= 15 is 0 Å². The van der Waals surface area contributed by atoms with Crippen molar-refractivity contribution >= 4 is 18.0 Å². The maximum Gasteiger partial charge on any atom is 0.329 e. The van der Waals surface area contributed by atoms with E-state index in [1.165, 1.54) is 23.1 Å². The van der Waals surface area contributed by atoms with Gasteiger partial charge in [0.25, 0.3) is 0 Å². The average molecular weight is 289 g/mol. The molecule has 0 aliphatic carbocycles. The Morgan fingerprint density at radius 2 is 2.00 bits per heavy atom. The minimum Gasteiger partial charge on any atom is -0.508 e. The smallest absolute Gasteiger partial charge is 0.329 e. The van der Waals surface area contributed by atoms with E-state index in [1.54, 1.807) is 25.1 Å². The molecule has 2 N–H and O–H groups in total. The Labute approximate surface area is 123 Å². The van der Waals surface area contributed by atoms with Crippen molar-refractivity contribution < 1.29 is 19.8 Å². The van der Waals surface area contributed by atoms with E-state index in [9.17, 15) is 19.8 Å². The normalized spacial score (nSPS) is 21.9. The quantitative estimate of drug-likeness (QED) is 0.833. The molecule has 1 aliphatic rings. The van der Waals surface area contributed by atoms with E-state index in [0.29, 0.717) is 25.8 Å². The zero-order valence-corrected chi connectivity index (χ0v) is 12.0. The van der Waals surface area contributed by atoms with Gasteiger partial charge in [-0.1, -0.05) is 19.1 Å². The monoisotopic (exact) mass is 289 g/mol. The number of carboxylic acid groups (broad SMARTS) is 1. The molecule has 0 spiro atoms. The van der Waals surface area contributed by atoms with Gasteiger partial charge in [-0.25, -0.2) is 4.79 Å². The predicted molar refractivity (Wildman–Crippen MR) is 78.7 cm³/mol. The summed E-state index contributed by atoms with van der Waals surface area (Å²) in [5.74, 6) is -1.06. The molecule has 1 heterocycles. The van der Waals surface area contributed by atoms with E-state index in [0.717, 1.165) is 5.56 Å². The molecular formula is C16H19NO4. The van der Waals surface area contributed by atoms with Gasteiger partial charge in [-0.15, -0.1) is 0 Å². The minimum absolute atomic E-state index is 0.161. The lowest BCUT2D eigenvalue weighted by Gasteiger charge is -2.33. The van der Waals surface area contributed by atoms with Crippen LogP contribution in [0, 0.1) is 0 Å². The van der Waals surface area contributed by atoms with Crippen molar-refractivity contribution in [3.05, 3.63) is 35.9 Å². The van der Waals surface area contributed by atoms with Crippen LogP contribution in [0.2, 0.25) is 0 Å². The summed E-state index contributed by atoms with van der Waals surface area (Å²) in [4.78, 5) is 25.3. The number of likely N-dealkylation sites (tertiary alicyclic amines) is 1. The molecule has 0 saturated carbocycles. The van der Waals surface area contributed by atoms with Crippen LogP contribution in [0.4, 0.5) is 0 Å². The van der Waals surface area contributed by atoms with Crippen molar-refractivity contribution in [2.24, 2.45) is 0 Å². The van der Waals surface area contributed by atoms with Crippen molar-refractivity contribution in [3.63, 3.8) is 0 Å². The molecule has 2 rings (SSSR count).